The van der Waals surface area contributed by atoms with Gasteiger partial charge in [-0.3, -0.25) is 4.79 Å². The molecule has 0 radical (unpaired) electrons. The summed E-state index contributed by atoms with van der Waals surface area (Å²) in [7, 11) is 0. The molecule has 19 heavy (non-hydrogen) atoms. The van der Waals surface area contributed by atoms with Crippen LogP contribution in [0.4, 0.5) is 0 Å². The summed E-state index contributed by atoms with van der Waals surface area (Å²) in [5, 5.41) is 0. The van der Waals surface area contributed by atoms with Crippen molar-refractivity contribution in [3.05, 3.63) is 0 Å². The fourth-order valence-corrected chi connectivity index (χ4v) is 3.47. The molecule has 0 bridgehead atoms. The first kappa shape index (κ1) is 15.0. The van der Waals surface area contributed by atoms with Crippen LogP contribution >= 0.6 is 0 Å². The van der Waals surface area contributed by atoms with Gasteiger partial charge in [0.1, 0.15) is 5.78 Å². The monoisotopic (exact) mass is 268 g/mol. The van der Waals surface area contributed by atoms with Crippen LogP contribution in [0, 0.1) is 5.92 Å². The zero-order valence-electron chi connectivity index (χ0n) is 12.3. The van der Waals surface area contributed by atoms with Crippen molar-refractivity contribution in [1.29, 1.82) is 0 Å². The molecule has 2 fully saturated rings. The molecule has 0 N–H and O–H groups in total. The van der Waals surface area contributed by atoms with E-state index in [4.69, 9.17) is 9.47 Å². The van der Waals surface area contributed by atoms with Crippen molar-refractivity contribution >= 4 is 5.78 Å². The Hall–Kier alpha value is -0.410. The zero-order chi connectivity index (χ0) is 13.6. The Balaban J connectivity index is 1.78. The van der Waals surface area contributed by atoms with Gasteiger partial charge in [-0.25, -0.2) is 0 Å². The van der Waals surface area contributed by atoms with Crippen LogP contribution in [-0.4, -0.2) is 31.2 Å². The van der Waals surface area contributed by atoms with Crippen molar-refractivity contribution in [2.75, 3.05) is 19.8 Å². The Morgan fingerprint density at radius 2 is 2.05 bits per heavy atom. The lowest BCUT2D eigenvalue weighted by molar-refractivity contribution is -0.143. The highest BCUT2D eigenvalue weighted by molar-refractivity contribution is 5.81. The third kappa shape index (κ3) is 4.28. The van der Waals surface area contributed by atoms with Crippen LogP contribution in [0.1, 0.15) is 64.7 Å². The van der Waals surface area contributed by atoms with E-state index in [1.807, 2.05) is 0 Å². The van der Waals surface area contributed by atoms with Crippen molar-refractivity contribution in [2.45, 2.75) is 70.3 Å². The average molecular weight is 268 g/mol. The first-order valence-corrected chi connectivity index (χ1v) is 8.00. The molecule has 3 nitrogen and oxygen atoms in total. The Morgan fingerprint density at radius 3 is 2.79 bits per heavy atom. The Morgan fingerprint density at radius 1 is 1.26 bits per heavy atom. The molecule has 1 heterocycles. The molecule has 0 amide bonds. The fourth-order valence-electron chi connectivity index (χ4n) is 3.47. The van der Waals surface area contributed by atoms with E-state index in [0.717, 1.165) is 45.3 Å². The normalized spacial score (nSPS) is 26.5. The fraction of sp³-hybridized carbons (Fsp3) is 0.938. The quantitative estimate of drug-likeness (QED) is 0.692. The minimum Gasteiger partial charge on any atom is -0.381 e. The first-order chi connectivity index (χ1) is 9.26. The third-order valence-electron chi connectivity index (χ3n) is 4.55. The summed E-state index contributed by atoms with van der Waals surface area (Å²) in [5.41, 5.74) is 0.0428. The van der Waals surface area contributed by atoms with E-state index in [2.05, 4.69) is 6.92 Å². The standard InChI is InChI=1S/C16H28O3/c1-2-10-18-11-7-15(17)14-6-12-19-16(13-14)8-4-3-5-9-16/h14H,2-13H2,1H3. The molecule has 1 aliphatic carbocycles. The third-order valence-corrected chi connectivity index (χ3v) is 4.55. The van der Waals surface area contributed by atoms with E-state index in [1.165, 1.54) is 19.3 Å². The van der Waals surface area contributed by atoms with E-state index in [1.54, 1.807) is 0 Å². The Kier molecular flexibility index (Phi) is 5.83. The number of carbonyl (C=O) groups is 1. The SMILES string of the molecule is CCCOCCC(=O)C1CCOC2(CCCCC2)C1. The summed E-state index contributed by atoms with van der Waals surface area (Å²) in [5.74, 6) is 0.612. The van der Waals surface area contributed by atoms with Crippen molar-refractivity contribution < 1.29 is 14.3 Å². The van der Waals surface area contributed by atoms with Gasteiger partial charge in [-0.1, -0.05) is 26.2 Å². The van der Waals surface area contributed by atoms with Gasteiger partial charge in [-0.05, 0) is 32.1 Å². The second kappa shape index (κ2) is 7.39. The van der Waals surface area contributed by atoms with Crippen molar-refractivity contribution in [1.82, 2.24) is 0 Å². The largest absolute Gasteiger partial charge is 0.381 e. The Labute approximate surface area is 117 Å². The zero-order valence-corrected chi connectivity index (χ0v) is 12.3. The number of hydrogen-bond donors (Lipinski definition) is 0. The highest BCUT2D eigenvalue weighted by Crippen LogP contribution is 2.41. The van der Waals surface area contributed by atoms with Gasteiger partial charge in [-0.2, -0.15) is 0 Å². The van der Waals surface area contributed by atoms with Crippen LogP contribution in [0.5, 0.6) is 0 Å². The number of carbonyl (C=O) groups excluding carboxylic acids is 1. The van der Waals surface area contributed by atoms with Crippen molar-refractivity contribution in [2.24, 2.45) is 5.92 Å². The summed E-state index contributed by atoms with van der Waals surface area (Å²) in [4.78, 5) is 12.3. The van der Waals surface area contributed by atoms with Gasteiger partial charge in [0.05, 0.1) is 12.2 Å². The lowest BCUT2D eigenvalue weighted by Crippen LogP contribution is -2.43. The molecule has 1 unspecified atom stereocenters. The van der Waals surface area contributed by atoms with Gasteiger partial charge in [0.2, 0.25) is 0 Å². The topological polar surface area (TPSA) is 35.5 Å². The molecule has 110 valence electrons. The van der Waals surface area contributed by atoms with E-state index >= 15 is 0 Å². The van der Waals surface area contributed by atoms with Crippen LogP contribution in [-0.2, 0) is 14.3 Å². The first-order valence-electron chi connectivity index (χ1n) is 8.00. The molecule has 0 aromatic rings. The molecule has 1 aliphatic heterocycles. The summed E-state index contributed by atoms with van der Waals surface area (Å²) in [6, 6.07) is 0. The van der Waals surface area contributed by atoms with E-state index < -0.39 is 0 Å². The van der Waals surface area contributed by atoms with Gasteiger partial charge in [0.25, 0.3) is 0 Å². The van der Waals surface area contributed by atoms with Gasteiger partial charge in [-0.15, -0.1) is 0 Å². The summed E-state index contributed by atoms with van der Waals surface area (Å²) >= 11 is 0. The molecular weight excluding hydrogens is 240 g/mol. The molecule has 2 aliphatic rings. The van der Waals surface area contributed by atoms with E-state index in [-0.39, 0.29) is 11.5 Å². The van der Waals surface area contributed by atoms with Crippen LogP contribution in [0.25, 0.3) is 0 Å². The molecule has 3 heteroatoms. The van der Waals surface area contributed by atoms with Gasteiger partial charge >= 0.3 is 0 Å². The molecule has 0 aromatic carbocycles. The molecule has 1 spiro atoms. The molecule has 0 aromatic heterocycles. The molecule has 1 saturated heterocycles. The minimum absolute atomic E-state index is 0.0428. The van der Waals surface area contributed by atoms with E-state index in [9.17, 15) is 4.79 Å². The van der Waals surface area contributed by atoms with E-state index in [0.29, 0.717) is 18.8 Å². The summed E-state index contributed by atoms with van der Waals surface area (Å²) < 4.78 is 11.5. The molecule has 1 atom stereocenters. The maximum atomic E-state index is 12.3. The minimum atomic E-state index is 0.0428. The lowest BCUT2D eigenvalue weighted by Gasteiger charge is -2.43. The second-order valence-corrected chi connectivity index (χ2v) is 6.11. The van der Waals surface area contributed by atoms with Crippen LogP contribution in [0.2, 0.25) is 0 Å². The molecule has 1 saturated carbocycles. The Bertz CT molecular complexity index is 276. The van der Waals surface area contributed by atoms with Crippen LogP contribution < -0.4 is 0 Å². The van der Waals surface area contributed by atoms with Crippen LogP contribution in [0.3, 0.4) is 0 Å². The highest BCUT2D eigenvalue weighted by atomic mass is 16.5. The van der Waals surface area contributed by atoms with Gasteiger partial charge in [0, 0.05) is 25.6 Å². The number of hydrogen-bond acceptors (Lipinski definition) is 3. The summed E-state index contributed by atoms with van der Waals surface area (Å²) in [6.45, 7) is 4.22. The smallest absolute Gasteiger partial charge is 0.138 e. The predicted molar refractivity (Wildman–Crippen MR) is 75.2 cm³/mol. The number of ether oxygens (including phenoxy) is 2. The average Bonchev–Trinajstić information content (AvgIpc) is 2.44. The number of Topliss-reactive ketones (excluding diaryl/α,β-unsaturated/α-hetero) is 1. The van der Waals surface area contributed by atoms with Gasteiger partial charge in [0.15, 0.2) is 0 Å². The van der Waals surface area contributed by atoms with Crippen molar-refractivity contribution in [3.8, 4) is 0 Å². The van der Waals surface area contributed by atoms with Gasteiger partial charge < -0.3 is 9.47 Å². The molecule has 2 rings (SSSR count). The highest BCUT2D eigenvalue weighted by Gasteiger charge is 2.40. The lowest BCUT2D eigenvalue weighted by atomic mass is 9.75. The summed E-state index contributed by atoms with van der Waals surface area (Å²) in [6.07, 6.45) is 9.64. The van der Waals surface area contributed by atoms with Crippen LogP contribution in [0.15, 0.2) is 0 Å². The maximum absolute atomic E-state index is 12.3. The molecular formula is C16H28O3. The maximum Gasteiger partial charge on any atom is 0.138 e. The second-order valence-electron chi connectivity index (χ2n) is 6.11. The number of rotatable bonds is 6. The number of ketones is 1. The van der Waals surface area contributed by atoms with Crippen molar-refractivity contribution in [3.63, 3.8) is 0 Å². The predicted octanol–water partition coefficient (Wildman–Crippen LogP) is 3.50.